The summed E-state index contributed by atoms with van der Waals surface area (Å²) < 4.78 is 11.0. The minimum Gasteiger partial charge on any atom is -0.489 e. The number of anilines is 1. The number of fused-ring (bicyclic) bond motifs is 3. The molecular formula is C27H24N2O3. The van der Waals surface area contributed by atoms with Crippen molar-refractivity contribution in [2.24, 2.45) is 0 Å². The second-order valence-corrected chi connectivity index (χ2v) is 8.17. The van der Waals surface area contributed by atoms with Crippen LogP contribution in [0.25, 0.3) is 11.1 Å². The third kappa shape index (κ3) is 4.02. The highest BCUT2D eigenvalue weighted by molar-refractivity contribution is 5.93. The molecule has 0 radical (unpaired) electrons. The highest BCUT2D eigenvalue weighted by Crippen LogP contribution is 2.37. The maximum Gasteiger partial charge on any atom is 0.228 e. The average molecular weight is 425 g/mol. The van der Waals surface area contributed by atoms with Gasteiger partial charge in [0.2, 0.25) is 5.91 Å². The van der Waals surface area contributed by atoms with Crippen LogP contribution in [0.2, 0.25) is 0 Å². The van der Waals surface area contributed by atoms with Crippen molar-refractivity contribution in [1.82, 2.24) is 5.16 Å². The lowest BCUT2D eigenvalue weighted by atomic mass is 10.1. The lowest BCUT2D eigenvalue weighted by Crippen LogP contribution is -2.14. The van der Waals surface area contributed by atoms with Gasteiger partial charge >= 0.3 is 0 Å². The molecular weight excluding hydrogens is 400 g/mol. The first-order valence-electron chi connectivity index (χ1n) is 10.7. The van der Waals surface area contributed by atoms with Crippen LogP contribution in [0.3, 0.4) is 0 Å². The van der Waals surface area contributed by atoms with Crippen molar-refractivity contribution in [3.63, 3.8) is 0 Å². The molecule has 1 aliphatic carbocycles. The Hall–Kier alpha value is -3.86. The second kappa shape index (κ2) is 8.35. The minimum absolute atomic E-state index is 0.0372. The number of benzene rings is 3. The summed E-state index contributed by atoms with van der Waals surface area (Å²) in [6.45, 7) is 4.18. The average Bonchev–Trinajstić information content (AvgIpc) is 3.32. The van der Waals surface area contributed by atoms with Crippen LogP contribution >= 0.6 is 0 Å². The van der Waals surface area contributed by atoms with E-state index in [1.54, 1.807) is 0 Å². The summed E-state index contributed by atoms with van der Waals surface area (Å²) in [5, 5.41) is 6.97. The third-order valence-corrected chi connectivity index (χ3v) is 5.93. The largest absolute Gasteiger partial charge is 0.489 e. The predicted molar refractivity (Wildman–Crippen MR) is 124 cm³/mol. The van der Waals surface area contributed by atoms with Gasteiger partial charge in [-0.25, -0.2) is 0 Å². The Labute approximate surface area is 187 Å². The molecule has 0 spiro atoms. The molecule has 160 valence electrons. The van der Waals surface area contributed by atoms with E-state index in [0.29, 0.717) is 13.0 Å². The fraction of sp³-hybridized carbons (Fsp3) is 0.185. The van der Waals surface area contributed by atoms with E-state index in [2.05, 4.69) is 46.9 Å². The van der Waals surface area contributed by atoms with Crippen LogP contribution in [-0.2, 0) is 24.2 Å². The number of hydrogen-bond acceptors (Lipinski definition) is 4. The first-order chi connectivity index (χ1) is 15.6. The standard InChI is InChI=1S/C27H24N2O3/c1-17-26(18(2)32-29-17)16-31-23-10-7-19(8-11-23)13-27(30)28-22-9-12-25-21(15-22)14-20-5-3-4-6-24(20)25/h3-12,15H,13-14,16H2,1-2H3,(H,28,30). The molecule has 1 aromatic heterocycles. The molecule has 32 heavy (non-hydrogen) atoms. The van der Waals surface area contributed by atoms with Crippen LogP contribution in [0, 0.1) is 13.8 Å². The van der Waals surface area contributed by atoms with E-state index in [0.717, 1.165) is 40.4 Å². The molecule has 4 aromatic rings. The van der Waals surface area contributed by atoms with Gasteiger partial charge in [0, 0.05) is 5.69 Å². The number of hydrogen-bond donors (Lipinski definition) is 1. The molecule has 3 aromatic carbocycles. The van der Waals surface area contributed by atoms with Gasteiger partial charge in [0.25, 0.3) is 0 Å². The SMILES string of the molecule is Cc1noc(C)c1COc1ccc(CC(=O)Nc2ccc3c(c2)Cc2ccccc2-3)cc1. The second-order valence-electron chi connectivity index (χ2n) is 8.17. The van der Waals surface area contributed by atoms with Crippen molar-refractivity contribution in [2.45, 2.75) is 33.3 Å². The van der Waals surface area contributed by atoms with Crippen molar-refractivity contribution in [1.29, 1.82) is 0 Å². The molecule has 0 saturated heterocycles. The van der Waals surface area contributed by atoms with Gasteiger partial charge in [-0.05, 0) is 72.4 Å². The summed E-state index contributed by atoms with van der Waals surface area (Å²) in [6.07, 6.45) is 1.21. The van der Waals surface area contributed by atoms with E-state index in [4.69, 9.17) is 9.26 Å². The summed E-state index contributed by atoms with van der Waals surface area (Å²) in [7, 11) is 0. The van der Waals surface area contributed by atoms with E-state index in [-0.39, 0.29) is 5.91 Å². The van der Waals surface area contributed by atoms with Gasteiger partial charge in [0.1, 0.15) is 18.1 Å². The molecule has 0 saturated carbocycles. The van der Waals surface area contributed by atoms with Crippen molar-refractivity contribution in [3.05, 3.63) is 100 Å². The minimum atomic E-state index is -0.0372. The Morgan fingerprint density at radius 2 is 1.78 bits per heavy atom. The van der Waals surface area contributed by atoms with Crippen LogP contribution in [0.15, 0.2) is 71.3 Å². The number of ether oxygens (including phenoxy) is 1. The molecule has 1 aliphatic rings. The summed E-state index contributed by atoms with van der Waals surface area (Å²) in [5.74, 6) is 1.48. The van der Waals surface area contributed by atoms with Crippen molar-refractivity contribution in [3.8, 4) is 16.9 Å². The summed E-state index contributed by atoms with van der Waals surface area (Å²) in [6, 6.07) is 22.2. The Balaban J connectivity index is 1.18. The van der Waals surface area contributed by atoms with E-state index in [9.17, 15) is 4.79 Å². The van der Waals surface area contributed by atoms with Gasteiger partial charge < -0.3 is 14.6 Å². The zero-order valence-corrected chi connectivity index (χ0v) is 18.1. The lowest BCUT2D eigenvalue weighted by Gasteiger charge is -2.09. The number of amides is 1. The number of nitrogens with zero attached hydrogens (tertiary/aromatic N) is 1. The molecule has 1 N–H and O–H groups in total. The number of nitrogens with one attached hydrogen (secondary N) is 1. The fourth-order valence-corrected chi connectivity index (χ4v) is 4.18. The Bertz CT molecular complexity index is 1270. The summed E-state index contributed by atoms with van der Waals surface area (Å²) in [5.41, 5.74) is 8.70. The summed E-state index contributed by atoms with van der Waals surface area (Å²) >= 11 is 0. The first kappa shape index (κ1) is 20.1. The van der Waals surface area contributed by atoms with Gasteiger partial charge in [-0.2, -0.15) is 0 Å². The quantitative estimate of drug-likeness (QED) is 0.384. The van der Waals surface area contributed by atoms with Crippen LogP contribution in [0.5, 0.6) is 5.75 Å². The molecule has 5 rings (SSSR count). The highest BCUT2D eigenvalue weighted by Gasteiger charge is 2.18. The van der Waals surface area contributed by atoms with Crippen LogP contribution in [0.1, 0.15) is 33.7 Å². The first-order valence-corrected chi connectivity index (χ1v) is 10.7. The highest BCUT2D eigenvalue weighted by atomic mass is 16.5. The van der Waals surface area contributed by atoms with Crippen molar-refractivity contribution < 1.29 is 14.1 Å². The molecule has 0 aliphatic heterocycles. The monoisotopic (exact) mass is 424 g/mol. The molecule has 1 heterocycles. The molecule has 0 atom stereocenters. The zero-order chi connectivity index (χ0) is 22.1. The molecule has 1 amide bonds. The van der Waals surface area contributed by atoms with Crippen LogP contribution in [-0.4, -0.2) is 11.1 Å². The predicted octanol–water partition coefficient (Wildman–Crippen LogP) is 5.62. The normalized spacial score (nSPS) is 11.7. The number of carbonyl (C=O) groups is 1. The molecule has 5 nitrogen and oxygen atoms in total. The van der Waals surface area contributed by atoms with E-state index in [1.807, 2.05) is 44.2 Å². The lowest BCUT2D eigenvalue weighted by molar-refractivity contribution is -0.115. The number of aromatic nitrogens is 1. The Morgan fingerprint density at radius 3 is 2.56 bits per heavy atom. The van der Waals surface area contributed by atoms with Gasteiger partial charge in [-0.1, -0.05) is 47.6 Å². The molecule has 0 bridgehead atoms. The third-order valence-electron chi connectivity index (χ3n) is 5.93. The van der Waals surface area contributed by atoms with E-state index in [1.165, 1.54) is 22.3 Å². The van der Waals surface area contributed by atoms with Gasteiger partial charge in [0.05, 0.1) is 17.7 Å². The fourth-order valence-electron chi connectivity index (χ4n) is 4.18. The topological polar surface area (TPSA) is 64.4 Å². The van der Waals surface area contributed by atoms with Crippen molar-refractivity contribution >= 4 is 11.6 Å². The van der Waals surface area contributed by atoms with E-state index >= 15 is 0 Å². The van der Waals surface area contributed by atoms with Gasteiger partial charge in [-0.15, -0.1) is 0 Å². The van der Waals surface area contributed by atoms with Gasteiger partial charge in [-0.3, -0.25) is 4.79 Å². The van der Waals surface area contributed by atoms with Gasteiger partial charge in [0.15, 0.2) is 0 Å². The number of aryl methyl sites for hydroxylation is 2. The maximum atomic E-state index is 12.6. The van der Waals surface area contributed by atoms with E-state index < -0.39 is 0 Å². The zero-order valence-electron chi connectivity index (χ0n) is 18.1. The molecule has 0 unspecified atom stereocenters. The number of rotatable bonds is 6. The summed E-state index contributed by atoms with van der Waals surface area (Å²) in [4.78, 5) is 12.6. The van der Waals surface area contributed by atoms with Crippen molar-refractivity contribution in [2.75, 3.05) is 5.32 Å². The molecule has 5 heteroatoms. The number of carbonyl (C=O) groups excluding carboxylic acids is 1. The van der Waals surface area contributed by atoms with Crippen LogP contribution < -0.4 is 10.1 Å². The molecule has 0 fully saturated rings. The maximum absolute atomic E-state index is 12.6. The van der Waals surface area contributed by atoms with Crippen LogP contribution in [0.4, 0.5) is 5.69 Å². The Kier molecular flexibility index (Phi) is 5.23. The Morgan fingerprint density at radius 1 is 1.00 bits per heavy atom. The smallest absolute Gasteiger partial charge is 0.228 e.